The summed E-state index contributed by atoms with van der Waals surface area (Å²) in [7, 11) is 1.71. The molecule has 0 fully saturated rings. The Morgan fingerprint density at radius 3 is 2.76 bits per heavy atom. The van der Waals surface area contributed by atoms with Crippen LogP contribution in [0.4, 0.5) is 0 Å². The number of carboxylic acids is 1. The van der Waals surface area contributed by atoms with Crippen LogP contribution in [0.1, 0.15) is 16.1 Å². The monoisotopic (exact) mass is 285 g/mol. The second-order valence-corrected chi connectivity index (χ2v) is 4.53. The van der Waals surface area contributed by atoms with Gasteiger partial charge in [0.25, 0.3) is 5.56 Å². The number of aromatic nitrogens is 5. The van der Waals surface area contributed by atoms with Crippen molar-refractivity contribution in [2.24, 2.45) is 7.05 Å². The van der Waals surface area contributed by atoms with E-state index in [-0.39, 0.29) is 17.7 Å². The molecule has 0 aromatic carbocycles. The quantitative estimate of drug-likeness (QED) is 0.741. The van der Waals surface area contributed by atoms with Gasteiger partial charge in [0.15, 0.2) is 5.65 Å². The van der Waals surface area contributed by atoms with Crippen LogP contribution >= 0.6 is 0 Å². The number of carbonyl (C=O) groups is 1. The topological polar surface area (TPSA) is 103 Å². The molecule has 0 unspecified atom stereocenters. The Labute approximate surface area is 118 Å². The highest BCUT2D eigenvalue weighted by molar-refractivity contribution is 5.87. The number of pyridine rings is 1. The first kappa shape index (κ1) is 13.0. The van der Waals surface area contributed by atoms with E-state index >= 15 is 0 Å². The van der Waals surface area contributed by atoms with Crippen LogP contribution in [0, 0.1) is 0 Å². The molecule has 0 aliphatic heterocycles. The fraction of sp³-hybridized carbons (Fsp3) is 0.154. The van der Waals surface area contributed by atoms with Crippen LogP contribution in [0.3, 0.4) is 0 Å². The van der Waals surface area contributed by atoms with Gasteiger partial charge in [0.05, 0.1) is 24.0 Å². The van der Waals surface area contributed by atoms with Gasteiger partial charge < -0.3 is 5.11 Å². The van der Waals surface area contributed by atoms with Gasteiger partial charge in [0.2, 0.25) is 0 Å². The first-order valence-corrected chi connectivity index (χ1v) is 6.11. The number of carboxylic acid groups (broad SMARTS) is 1. The molecule has 21 heavy (non-hydrogen) atoms. The van der Waals surface area contributed by atoms with Crippen LogP contribution in [0.15, 0.2) is 35.6 Å². The molecule has 3 aromatic heterocycles. The van der Waals surface area contributed by atoms with Crippen molar-refractivity contribution in [3.8, 4) is 0 Å². The number of hydrogen-bond donors (Lipinski definition) is 1. The van der Waals surface area contributed by atoms with Gasteiger partial charge in [-0.2, -0.15) is 5.10 Å². The number of fused-ring (bicyclic) bond motifs is 1. The summed E-state index contributed by atoms with van der Waals surface area (Å²) in [5, 5.41) is 13.2. The second-order valence-electron chi connectivity index (χ2n) is 4.53. The van der Waals surface area contributed by atoms with E-state index in [0.717, 1.165) is 0 Å². The van der Waals surface area contributed by atoms with Crippen LogP contribution in [0.2, 0.25) is 0 Å². The lowest BCUT2D eigenvalue weighted by molar-refractivity contribution is 0.0696. The average molecular weight is 285 g/mol. The lowest BCUT2D eigenvalue weighted by atomic mass is 10.2. The lowest BCUT2D eigenvalue weighted by Crippen LogP contribution is -2.21. The maximum atomic E-state index is 12.3. The van der Waals surface area contributed by atoms with Crippen LogP contribution in [-0.2, 0) is 13.6 Å². The summed E-state index contributed by atoms with van der Waals surface area (Å²) in [5.74, 6) is -1.04. The first-order chi connectivity index (χ1) is 10.1. The van der Waals surface area contributed by atoms with Crippen LogP contribution in [0.25, 0.3) is 11.0 Å². The molecule has 0 saturated carbocycles. The summed E-state index contributed by atoms with van der Waals surface area (Å²) in [6.45, 7) is 0.219. The van der Waals surface area contributed by atoms with Gasteiger partial charge in [-0.3, -0.25) is 19.0 Å². The standard InChI is InChI=1S/C13H11N5O3/c1-17-11-10(5-16-17)12(19)18(7-15-11)6-9-3-2-8(4-14-9)13(20)21/h2-5,7H,6H2,1H3,(H,20,21). The van der Waals surface area contributed by atoms with E-state index in [1.54, 1.807) is 13.1 Å². The fourth-order valence-corrected chi connectivity index (χ4v) is 2.00. The zero-order valence-corrected chi connectivity index (χ0v) is 11.1. The molecule has 8 nitrogen and oxygen atoms in total. The predicted molar refractivity (Wildman–Crippen MR) is 73.1 cm³/mol. The Morgan fingerprint density at radius 2 is 2.10 bits per heavy atom. The highest BCUT2D eigenvalue weighted by Crippen LogP contribution is 2.05. The van der Waals surface area contributed by atoms with Crippen molar-refractivity contribution < 1.29 is 9.90 Å². The Balaban J connectivity index is 1.96. The molecule has 0 saturated heterocycles. The minimum Gasteiger partial charge on any atom is -0.478 e. The predicted octanol–water partition coefficient (Wildman–Crippen LogP) is 0.271. The van der Waals surface area contributed by atoms with E-state index in [9.17, 15) is 9.59 Å². The van der Waals surface area contributed by atoms with E-state index in [1.165, 1.54) is 34.0 Å². The number of rotatable bonds is 3. The maximum absolute atomic E-state index is 12.3. The van der Waals surface area contributed by atoms with Crippen LogP contribution < -0.4 is 5.56 Å². The van der Waals surface area contributed by atoms with Crippen molar-refractivity contribution >= 4 is 17.0 Å². The van der Waals surface area contributed by atoms with Crippen molar-refractivity contribution in [3.63, 3.8) is 0 Å². The van der Waals surface area contributed by atoms with E-state index < -0.39 is 5.97 Å². The summed E-state index contributed by atoms with van der Waals surface area (Å²) in [6, 6.07) is 3.02. The van der Waals surface area contributed by atoms with Crippen molar-refractivity contribution in [3.05, 3.63) is 52.5 Å². The lowest BCUT2D eigenvalue weighted by Gasteiger charge is -2.05. The molecule has 0 amide bonds. The highest BCUT2D eigenvalue weighted by Gasteiger charge is 2.09. The SMILES string of the molecule is Cn1ncc2c(=O)n(Cc3ccc(C(=O)O)cn3)cnc21. The summed E-state index contributed by atoms with van der Waals surface area (Å²) in [4.78, 5) is 31.2. The van der Waals surface area contributed by atoms with Gasteiger partial charge in [-0.15, -0.1) is 0 Å². The summed E-state index contributed by atoms with van der Waals surface area (Å²) in [5.41, 5.74) is 0.988. The Bertz CT molecular complexity index is 879. The number of aromatic carboxylic acids is 1. The minimum absolute atomic E-state index is 0.104. The fourth-order valence-electron chi connectivity index (χ4n) is 2.00. The molecule has 0 aliphatic rings. The summed E-state index contributed by atoms with van der Waals surface area (Å²) >= 11 is 0. The van der Waals surface area contributed by atoms with E-state index in [1.807, 2.05) is 0 Å². The zero-order chi connectivity index (χ0) is 15.0. The smallest absolute Gasteiger partial charge is 0.337 e. The van der Waals surface area contributed by atoms with E-state index in [0.29, 0.717) is 16.7 Å². The van der Waals surface area contributed by atoms with Gasteiger partial charge in [-0.05, 0) is 12.1 Å². The largest absolute Gasteiger partial charge is 0.478 e. The second kappa shape index (κ2) is 4.82. The van der Waals surface area contributed by atoms with Crippen LogP contribution in [0.5, 0.6) is 0 Å². The molecule has 0 spiro atoms. The van der Waals surface area contributed by atoms with Gasteiger partial charge >= 0.3 is 5.97 Å². The molecular weight excluding hydrogens is 274 g/mol. The first-order valence-electron chi connectivity index (χ1n) is 6.11. The molecule has 3 heterocycles. The molecule has 0 aliphatic carbocycles. The Kier molecular flexibility index (Phi) is 2.98. The molecule has 1 N–H and O–H groups in total. The molecule has 8 heteroatoms. The minimum atomic E-state index is -1.04. The molecule has 3 aromatic rings. The third kappa shape index (κ3) is 2.27. The molecule has 106 valence electrons. The van der Waals surface area contributed by atoms with Gasteiger partial charge in [-0.25, -0.2) is 9.78 Å². The highest BCUT2D eigenvalue weighted by atomic mass is 16.4. The zero-order valence-electron chi connectivity index (χ0n) is 11.1. The molecule has 0 radical (unpaired) electrons. The molecule has 0 bridgehead atoms. The normalized spacial score (nSPS) is 10.9. The van der Waals surface area contributed by atoms with Gasteiger partial charge in [0.1, 0.15) is 11.7 Å². The van der Waals surface area contributed by atoms with Crippen LogP contribution in [-0.4, -0.2) is 35.4 Å². The van der Waals surface area contributed by atoms with Crippen molar-refractivity contribution in [2.75, 3.05) is 0 Å². The summed E-state index contributed by atoms with van der Waals surface area (Å²) in [6.07, 6.45) is 4.17. The van der Waals surface area contributed by atoms with Gasteiger partial charge in [-0.1, -0.05) is 0 Å². The molecule has 3 rings (SSSR count). The Morgan fingerprint density at radius 1 is 1.29 bits per heavy atom. The third-order valence-corrected chi connectivity index (χ3v) is 3.12. The number of nitrogens with zero attached hydrogens (tertiary/aromatic N) is 5. The summed E-state index contributed by atoms with van der Waals surface area (Å²) < 4.78 is 2.94. The van der Waals surface area contributed by atoms with E-state index in [4.69, 9.17) is 5.11 Å². The third-order valence-electron chi connectivity index (χ3n) is 3.12. The van der Waals surface area contributed by atoms with E-state index in [2.05, 4.69) is 15.1 Å². The number of aryl methyl sites for hydroxylation is 1. The van der Waals surface area contributed by atoms with Crippen molar-refractivity contribution in [2.45, 2.75) is 6.54 Å². The maximum Gasteiger partial charge on any atom is 0.337 e. The molecule has 0 atom stereocenters. The average Bonchev–Trinajstić information content (AvgIpc) is 2.85. The van der Waals surface area contributed by atoms with Crippen molar-refractivity contribution in [1.82, 2.24) is 24.3 Å². The number of hydrogen-bond acceptors (Lipinski definition) is 5. The van der Waals surface area contributed by atoms with Gasteiger partial charge in [0, 0.05) is 13.2 Å². The Hall–Kier alpha value is -3.03. The molecular formula is C13H11N5O3. The van der Waals surface area contributed by atoms with Crippen molar-refractivity contribution in [1.29, 1.82) is 0 Å².